The molecule has 0 fully saturated rings. The third kappa shape index (κ3) is 9.01. The minimum absolute atomic E-state index is 0. The van der Waals surface area contributed by atoms with E-state index in [1.54, 1.807) is 37.4 Å². The van der Waals surface area contributed by atoms with Crippen molar-refractivity contribution < 1.29 is 32.3 Å². The highest BCUT2D eigenvalue weighted by atomic mass is 19.1. The molecule has 0 bridgehead atoms. The van der Waals surface area contributed by atoms with Crippen LogP contribution in [0.15, 0.2) is 79.0 Å². The number of halogens is 4. The minimum Gasteiger partial charge on any atom is -0.397 e. The van der Waals surface area contributed by atoms with Gasteiger partial charge in [-0.05, 0) is 79.9 Å². The van der Waals surface area contributed by atoms with Crippen LogP contribution < -0.4 is 5.32 Å². The van der Waals surface area contributed by atoms with Gasteiger partial charge in [0.2, 0.25) is 0 Å². The Hall–Kier alpha value is -5.03. The lowest BCUT2D eigenvalue weighted by Crippen LogP contribution is -2.15. The van der Waals surface area contributed by atoms with E-state index in [0.29, 0.717) is 17.0 Å². The third-order valence-electron chi connectivity index (χ3n) is 6.64. The molecule has 2 aromatic carbocycles. The zero-order valence-electron chi connectivity index (χ0n) is 24.4. The highest BCUT2D eigenvalue weighted by Crippen LogP contribution is 2.21. The molecule has 1 aliphatic heterocycles. The molecule has 0 atom stereocenters. The monoisotopic (exact) mass is 634 g/mol. The summed E-state index contributed by atoms with van der Waals surface area (Å²) in [4.78, 5) is 36.8. The largest absolute Gasteiger partial charge is 0.397 e. The zero-order chi connectivity index (χ0) is 32.3. The summed E-state index contributed by atoms with van der Waals surface area (Å²) in [6.45, 7) is 2.78. The number of nitrogens with one attached hydrogen (secondary N) is 1. The highest BCUT2D eigenvalue weighted by molar-refractivity contribution is 5.98. The SMILES string of the molecule is C.CCO.O=C(Cc1ccc2c(n1)NCCC2)c1c(F)cccc1F.O=C(Cc1ccc2cccnc2n1)c1c(F)cccc1F. The summed E-state index contributed by atoms with van der Waals surface area (Å²) in [5, 5.41) is 11.6. The molecule has 0 spiro atoms. The average Bonchev–Trinajstić information content (AvgIpc) is 3.01. The van der Waals surface area contributed by atoms with E-state index in [9.17, 15) is 27.2 Å². The van der Waals surface area contributed by atoms with Crippen molar-refractivity contribution in [3.8, 4) is 0 Å². The predicted octanol–water partition coefficient (Wildman–Crippen LogP) is 7.11. The Morgan fingerprint density at radius 3 is 1.85 bits per heavy atom. The number of aliphatic hydroxyl groups excluding tert-OH is 1. The van der Waals surface area contributed by atoms with Gasteiger partial charge in [-0.3, -0.25) is 9.59 Å². The summed E-state index contributed by atoms with van der Waals surface area (Å²) in [7, 11) is 0. The summed E-state index contributed by atoms with van der Waals surface area (Å²) >= 11 is 0. The van der Waals surface area contributed by atoms with Crippen molar-refractivity contribution >= 4 is 28.4 Å². The zero-order valence-corrected chi connectivity index (χ0v) is 24.4. The third-order valence-corrected chi connectivity index (χ3v) is 6.64. The molecule has 4 heterocycles. The van der Waals surface area contributed by atoms with Crippen molar-refractivity contribution in [1.29, 1.82) is 0 Å². The van der Waals surface area contributed by atoms with Gasteiger partial charge in [-0.25, -0.2) is 32.5 Å². The first-order chi connectivity index (χ1) is 21.7. The van der Waals surface area contributed by atoms with Crippen molar-refractivity contribution in [3.63, 3.8) is 0 Å². The Bertz CT molecular complexity index is 1780. The second-order valence-electron chi connectivity index (χ2n) is 9.90. The molecule has 0 unspecified atom stereocenters. The molecular formula is C35H34F4N4O3. The van der Waals surface area contributed by atoms with E-state index >= 15 is 0 Å². The first kappa shape index (κ1) is 35.4. The molecule has 6 rings (SSSR count). The molecule has 0 radical (unpaired) electrons. The van der Waals surface area contributed by atoms with E-state index in [-0.39, 0.29) is 26.9 Å². The quantitative estimate of drug-likeness (QED) is 0.152. The van der Waals surface area contributed by atoms with Crippen molar-refractivity contribution in [2.75, 3.05) is 18.5 Å². The summed E-state index contributed by atoms with van der Waals surface area (Å²) in [6.07, 6.45) is 3.30. The van der Waals surface area contributed by atoms with Gasteiger partial charge in [-0.15, -0.1) is 0 Å². The van der Waals surface area contributed by atoms with Crippen molar-refractivity contribution in [1.82, 2.24) is 15.0 Å². The summed E-state index contributed by atoms with van der Waals surface area (Å²) in [5.74, 6) is -3.88. The van der Waals surface area contributed by atoms with E-state index < -0.39 is 46.0 Å². The lowest BCUT2D eigenvalue weighted by molar-refractivity contribution is 0.0975. The van der Waals surface area contributed by atoms with Gasteiger partial charge in [0.25, 0.3) is 0 Å². The standard InChI is InChI=1S/C16H14F2N2O.C16H10F2N2O.C2H6O.CH4/c2*17-12-4-1-5-13(18)15(12)14(21)9-11-7-6-10-3-2-8-19-16(10)20-11;1-2-3;/h1,4-7H,2-3,8-9H2,(H,19,20);1-8H,9H2;3H,2H2,1H3;1H4. The lowest BCUT2D eigenvalue weighted by atomic mass is 10.0. The number of aryl methyl sites for hydroxylation is 1. The Labute approximate surface area is 264 Å². The van der Waals surface area contributed by atoms with Crippen molar-refractivity contribution in [2.45, 2.75) is 40.0 Å². The molecule has 0 aliphatic carbocycles. The van der Waals surface area contributed by atoms with Crippen LogP contribution in [0, 0.1) is 23.3 Å². The second-order valence-corrected chi connectivity index (χ2v) is 9.90. The Morgan fingerprint density at radius 2 is 1.28 bits per heavy atom. The number of benzene rings is 2. The van der Waals surface area contributed by atoms with Gasteiger partial charge in [-0.1, -0.05) is 25.6 Å². The van der Waals surface area contributed by atoms with E-state index in [1.807, 2.05) is 12.1 Å². The van der Waals surface area contributed by atoms with Gasteiger partial charge in [0.15, 0.2) is 17.2 Å². The van der Waals surface area contributed by atoms with Crippen LogP contribution in [-0.4, -0.2) is 44.8 Å². The number of hydrogen-bond acceptors (Lipinski definition) is 7. The number of carbonyl (C=O) groups excluding carboxylic acids is 2. The van der Waals surface area contributed by atoms with Crippen molar-refractivity contribution in [3.05, 3.63) is 130 Å². The average molecular weight is 635 g/mol. The number of Topliss-reactive ketones (excluding diaryl/α,β-unsaturated/α-hetero) is 2. The molecular weight excluding hydrogens is 600 g/mol. The fourth-order valence-corrected chi connectivity index (χ4v) is 4.59. The smallest absolute Gasteiger partial charge is 0.174 e. The van der Waals surface area contributed by atoms with Crippen LogP contribution in [0.5, 0.6) is 0 Å². The van der Waals surface area contributed by atoms with Gasteiger partial charge in [0.1, 0.15) is 29.1 Å². The topological polar surface area (TPSA) is 105 Å². The number of rotatable bonds is 6. The molecule has 11 heteroatoms. The maximum absolute atomic E-state index is 13.6. The Morgan fingerprint density at radius 1 is 0.761 bits per heavy atom. The molecule has 0 amide bonds. The molecule has 1 aliphatic rings. The van der Waals surface area contributed by atoms with E-state index in [4.69, 9.17) is 5.11 Å². The number of pyridine rings is 3. The van der Waals surface area contributed by atoms with Crippen LogP contribution in [-0.2, 0) is 19.3 Å². The molecule has 0 saturated heterocycles. The van der Waals surface area contributed by atoms with Crippen LogP contribution in [0.1, 0.15) is 58.4 Å². The molecule has 46 heavy (non-hydrogen) atoms. The number of carbonyl (C=O) groups is 2. The Balaban J connectivity index is 0.000000226. The maximum Gasteiger partial charge on any atom is 0.174 e. The summed E-state index contributed by atoms with van der Waals surface area (Å²) in [6, 6.07) is 17.4. The molecule has 5 aromatic rings. The summed E-state index contributed by atoms with van der Waals surface area (Å²) in [5.41, 5.74) is 1.52. The normalized spacial score (nSPS) is 11.4. The number of anilines is 1. The first-order valence-corrected chi connectivity index (χ1v) is 14.2. The molecule has 240 valence electrons. The van der Waals surface area contributed by atoms with E-state index in [2.05, 4.69) is 20.3 Å². The van der Waals surface area contributed by atoms with Crippen LogP contribution in [0.3, 0.4) is 0 Å². The number of ketones is 2. The van der Waals surface area contributed by atoms with Gasteiger partial charge < -0.3 is 10.4 Å². The van der Waals surface area contributed by atoms with Crippen molar-refractivity contribution in [2.24, 2.45) is 0 Å². The van der Waals surface area contributed by atoms with Gasteiger partial charge in [0, 0.05) is 24.7 Å². The van der Waals surface area contributed by atoms with Crippen LogP contribution in [0.2, 0.25) is 0 Å². The first-order valence-electron chi connectivity index (χ1n) is 14.2. The number of hydrogen-bond donors (Lipinski definition) is 2. The minimum atomic E-state index is -0.862. The highest BCUT2D eigenvalue weighted by Gasteiger charge is 2.20. The predicted molar refractivity (Wildman–Crippen MR) is 169 cm³/mol. The van der Waals surface area contributed by atoms with Crippen LogP contribution >= 0.6 is 0 Å². The summed E-state index contributed by atoms with van der Waals surface area (Å²) < 4.78 is 54.3. The maximum atomic E-state index is 13.6. The van der Waals surface area contributed by atoms with Crippen LogP contribution in [0.25, 0.3) is 11.0 Å². The number of aromatic nitrogens is 3. The van der Waals surface area contributed by atoms with Crippen LogP contribution in [0.4, 0.5) is 23.4 Å². The van der Waals surface area contributed by atoms with E-state index in [0.717, 1.165) is 60.4 Å². The number of nitrogens with zero attached hydrogens (tertiary/aromatic N) is 3. The van der Waals surface area contributed by atoms with Gasteiger partial charge >= 0.3 is 0 Å². The molecule has 2 N–H and O–H groups in total. The number of fused-ring (bicyclic) bond motifs is 2. The number of aliphatic hydroxyl groups is 1. The molecule has 0 saturated carbocycles. The van der Waals surface area contributed by atoms with Gasteiger partial charge in [-0.2, -0.15) is 0 Å². The lowest BCUT2D eigenvalue weighted by Gasteiger charge is -2.17. The fourth-order valence-electron chi connectivity index (χ4n) is 4.59. The van der Waals surface area contributed by atoms with E-state index in [1.165, 1.54) is 12.1 Å². The molecule has 3 aromatic heterocycles. The Kier molecular flexibility index (Phi) is 13.0. The molecule has 7 nitrogen and oxygen atoms in total. The van der Waals surface area contributed by atoms with Gasteiger partial charge in [0.05, 0.1) is 35.4 Å². The fraction of sp³-hybridized carbons (Fsp3) is 0.229. The second kappa shape index (κ2) is 16.9.